The molecule has 1 atom stereocenters. The molecule has 2 rings (SSSR count). The van der Waals surface area contributed by atoms with Crippen LogP contribution in [0.2, 0.25) is 0 Å². The van der Waals surface area contributed by atoms with Crippen LogP contribution in [0.25, 0.3) is 0 Å². The van der Waals surface area contributed by atoms with Gasteiger partial charge in [0.1, 0.15) is 0 Å². The van der Waals surface area contributed by atoms with Crippen molar-refractivity contribution in [2.45, 2.75) is 40.2 Å². The van der Waals surface area contributed by atoms with Gasteiger partial charge in [0.2, 0.25) is 5.78 Å². The minimum atomic E-state index is -0.434. The fourth-order valence-corrected chi connectivity index (χ4v) is 2.77. The number of nitrogens with one attached hydrogen (secondary N) is 2. The molecule has 0 unspecified atom stereocenters. The number of anilines is 1. The number of hydrogen-bond donors (Lipinski definition) is 2. The number of benzene rings is 1. The molecule has 1 aromatic heterocycles. The molecule has 0 radical (unpaired) electrons. The molecule has 0 spiro atoms. The maximum Gasteiger partial charge on any atom is 0.339 e. The monoisotopic (exact) mass is 328 g/mol. The lowest BCUT2D eigenvalue weighted by molar-refractivity contribution is 0.0599. The first-order chi connectivity index (χ1) is 11.4. The van der Waals surface area contributed by atoms with Crippen LogP contribution in [0.4, 0.5) is 5.69 Å². The Morgan fingerprint density at radius 2 is 1.83 bits per heavy atom. The van der Waals surface area contributed by atoms with E-state index in [1.807, 2.05) is 31.2 Å². The van der Waals surface area contributed by atoms with Crippen LogP contribution in [0, 0.1) is 13.8 Å². The Morgan fingerprint density at radius 3 is 2.38 bits per heavy atom. The van der Waals surface area contributed by atoms with Crippen LogP contribution < -0.4 is 5.32 Å². The molecule has 1 heterocycles. The van der Waals surface area contributed by atoms with Crippen LogP contribution in [0.3, 0.4) is 0 Å². The Labute approximate surface area is 142 Å². The Bertz CT molecular complexity index is 745. The highest BCUT2D eigenvalue weighted by Crippen LogP contribution is 2.21. The number of esters is 1. The number of hydrogen-bond acceptors (Lipinski definition) is 4. The van der Waals surface area contributed by atoms with Crippen LogP contribution >= 0.6 is 0 Å². The number of H-pyrrole nitrogens is 1. The lowest BCUT2D eigenvalue weighted by atomic mass is 10.0. The van der Waals surface area contributed by atoms with Gasteiger partial charge >= 0.3 is 5.97 Å². The molecule has 5 nitrogen and oxygen atoms in total. The number of carbonyl (C=O) groups excluding carboxylic acids is 2. The molecular weight excluding hydrogens is 304 g/mol. The normalized spacial score (nSPS) is 11.9. The predicted octanol–water partition coefficient (Wildman–Crippen LogP) is 3.66. The number of carbonyl (C=O) groups is 2. The van der Waals surface area contributed by atoms with Crippen molar-refractivity contribution in [3.8, 4) is 0 Å². The van der Waals surface area contributed by atoms with E-state index in [2.05, 4.69) is 17.2 Å². The van der Waals surface area contributed by atoms with Gasteiger partial charge in [-0.15, -0.1) is 0 Å². The highest BCUT2D eigenvalue weighted by Gasteiger charge is 2.25. The summed E-state index contributed by atoms with van der Waals surface area (Å²) in [7, 11) is 1.33. The Balaban J connectivity index is 2.20. The first-order valence-corrected chi connectivity index (χ1v) is 8.06. The number of ether oxygens (including phenoxy) is 1. The molecule has 24 heavy (non-hydrogen) atoms. The molecule has 0 saturated heterocycles. The van der Waals surface area contributed by atoms with E-state index in [0.717, 1.165) is 12.1 Å². The summed E-state index contributed by atoms with van der Waals surface area (Å²) >= 11 is 0. The maximum atomic E-state index is 12.7. The standard InChI is InChI=1S/C19H24N2O3/c1-6-14-7-9-15(10-8-14)20-13(4)18(22)17-11(2)16(12(3)21-17)19(23)24-5/h7-10,13,20-21H,6H2,1-5H3/t13-/m0/s1. The highest BCUT2D eigenvalue weighted by molar-refractivity contribution is 6.04. The van der Waals surface area contributed by atoms with Gasteiger partial charge < -0.3 is 15.0 Å². The van der Waals surface area contributed by atoms with Crippen molar-refractivity contribution in [3.05, 3.63) is 52.3 Å². The summed E-state index contributed by atoms with van der Waals surface area (Å²) in [4.78, 5) is 27.6. The number of aromatic nitrogens is 1. The van der Waals surface area contributed by atoms with E-state index in [1.54, 1.807) is 13.8 Å². The van der Waals surface area contributed by atoms with Crippen LogP contribution in [-0.2, 0) is 11.2 Å². The smallest absolute Gasteiger partial charge is 0.339 e. The van der Waals surface area contributed by atoms with Crippen LogP contribution in [0.15, 0.2) is 24.3 Å². The van der Waals surface area contributed by atoms with Gasteiger partial charge in [-0.2, -0.15) is 0 Å². The van der Waals surface area contributed by atoms with Crippen molar-refractivity contribution in [1.82, 2.24) is 4.98 Å². The molecule has 0 bridgehead atoms. The second kappa shape index (κ2) is 7.34. The van der Waals surface area contributed by atoms with Crippen LogP contribution in [0.1, 0.15) is 51.5 Å². The zero-order valence-electron chi connectivity index (χ0n) is 14.8. The summed E-state index contributed by atoms with van der Waals surface area (Å²) in [5.74, 6) is -0.526. The second-order valence-corrected chi connectivity index (χ2v) is 5.90. The van der Waals surface area contributed by atoms with Gasteiger partial charge in [0.15, 0.2) is 0 Å². The fourth-order valence-electron chi connectivity index (χ4n) is 2.77. The van der Waals surface area contributed by atoms with Crippen molar-refractivity contribution < 1.29 is 14.3 Å². The van der Waals surface area contributed by atoms with Crippen molar-refractivity contribution in [1.29, 1.82) is 0 Å². The molecule has 0 aliphatic rings. The van der Waals surface area contributed by atoms with E-state index < -0.39 is 12.0 Å². The Morgan fingerprint density at radius 1 is 1.21 bits per heavy atom. The molecule has 2 aromatic rings. The van der Waals surface area contributed by atoms with E-state index in [4.69, 9.17) is 4.74 Å². The number of ketones is 1. The number of aromatic amines is 1. The van der Waals surface area contributed by atoms with Crippen molar-refractivity contribution in [3.63, 3.8) is 0 Å². The number of methoxy groups -OCH3 is 1. The van der Waals surface area contributed by atoms with E-state index in [-0.39, 0.29) is 5.78 Å². The van der Waals surface area contributed by atoms with E-state index in [9.17, 15) is 9.59 Å². The summed E-state index contributed by atoms with van der Waals surface area (Å²) in [6.07, 6.45) is 0.978. The minimum absolute atomic E-state index is 0.0923. The maximum absolute atomic E-state index is 12.7. The number of rotatable bonds is 6. The van der Waals surface area contributed by atoms with Crippen LogP contribution in [-0.4, -0.2) is 29.9 Å². The van der Waals surface area contributed by atoms with E-state index >= 15 is 0 Å². The van der Waals surface area contributed by atoms with Gasteiger partial charge in [-0.3, -0.25) is 4.79 Å². The van der Waals surface area contributed by atoms with Gasteiger partial charge in [0.25, 0.3) is 0 Å². The zero-order chi connectivity index (χ0) is 17.9. The number of Topliss-reactive ketones (excluding diaryl/α,β-unsaturated/α-hetero) is 1. The van der Waals surface area contributed by atoms with Gasteiger partial charge in [-0.05, 0) is 50.5 Å². The quantitative estimate of drug-likeness (QED) is 0.627. The van der Waals surface area contributed by atoms with Gasteiger partial charge in [-0.25, -0.2) is 4.79 Å². The van der Waals surface area contributed by atoms with Crippen molar-refractivity contribution in [2.24, 2.45) is 0 Å². The van der Waals surface area contributed by atoms with Gasteiger partial charge in [-0.1, -0.05) is 19.1 Å². The Hall–Kier alpha value is -2.56. The first-order valence-electron chi connectivity index (χ1n) is 8.06. The molecule has 0 fully saturated rings. The van der Waals surface area contributed by atoms with Crippen molar-refractivity contribution >= 4 is 17.4 Å². The topological polar surface area (TPSA) is 71.2 Å². The van der Waals surface area contributed by atoms with Crippen LogP contribution in [0.5, 0.6) is 0 Å². The third-order valence-corrected chi connectivity index (χ3v) is 4.21. The molecule has 0 amide bonds. The Kier molecular flexibility index (Phi) is 5.44. The lowest BCUT2D eigenvalue weighted by Gasteiger charge is -2.14. The fraction of sp³-hybridized carbons (Fsp3) is 0.368. The summed E-state index contributed by atoms with van der Waals surface area (Å²) < 4.78 is 4.78. The SMILES string of the molecule is CCc1ccc(N[C@@H](C)C(=O)c2[nH]c(C)c(C(=O)OC)c2C)cc1. The lowest BCUT2D eigenvalue weighted by Crippen LogP contribution is -2.27. The molecule has 5 heteroatoms. The second-order valence-electron chi connectivity index (χ2n) is 5.90. The number of aryl methyl sites for hydroxylation is 2. The zero-order valence-corrected chi connectivity index (χ0v) is 14.8. The highest BCUT2D eigenvalue weighted by atomic mass is 16.5. The van der Waals surface area contributed by atoms with Crippen molar-refractivity contribution in [2.75, 3.05) is 12.4 Å². The van der Waals surface area contributed by atoms with E-state index in [1.165, 1.54) is 12.7 Å². The average molecular weight is 328 g/mol. The average Bonchev–Trinajstić information content (AvgIpc) is 2.88. The molecular formula is C19H24N2O3. The molecule has 2 N–H and O–H groups in total. The third-order valence-electron chi connectivity index (χ3n) is 4.21. The molecule has 1 aromatic carbocycles. The summed E-state index contributed by atoms with van der Waals surface area (Å²) in [6.45, 7) is 7.43. The summed E-state index contributed by atoms with van der Waals surface area (Å²) in [6, 6.07) is 7.60. The van der Waals surface area contributed by atoms with Gasteiger partial charge in [0, 0.05) is 11.4 Å². The summed E-state index contributed by atoms with van der Waals surface area (Å²) in [5.41, 5.74) is 4.28. The largest absolute Gasteiger partial charge is 0.465 e. The minimum Gasteiger partial charge on any atom is -0.465 e. The van der Waals surface area contributed by atoms with E-state index in [0.29, 0.717) is 22.5 Å². The molecule has 0 aliphatic heterocycles. The molecule has 0 aliphatic carbocycles. The molecule has 128 valence electrons. The third kappa shape index (κ3) is 3.50. The predicted molar refractivity (Wildman–Crippen MR) is 94.8 cm³/mol. The molecule has 0 saturated carbocycles. The first kappa shape index (κ1) is 17.8. The summed E-state index contributed by atoms with van der Waals surface area (Å²) in [5, 5.41) is 3.20. The van der Waals surface area contributed by atoms with Gasteiger partial charge in [0.05, 0.1) is 24.4 Å².